The van der Waals surface area contributed by atoms with E-state index in [1.165, 1.54) is 5.01 Å². The maximum atomic E-state index is 14.4. The van der Waals surface area contributed by atoms with Crippen LogP contribution in [0.25, 0.3) is 6.08 Å². The molecule has 2 aromatic rings. The molecule has 1 aliphatic heterocycles. The summed E-state index contributed by atoms with van der Waals surface area (Å²) < 4.78 is 18.1. The van der Waals surface area contributed by atoms with Gasteiger partial charge in [-0.25, -0.2) is 5.43 Å². The molecule has 3 N–H and O–H groups in total. The van der Waals surface area contributed by atoms with E-state index in [4.69, 9.17) is 13.9 Å². The Hall–Kier alpha value is -4.26. The summed E-state index contributed by atoms with van der Waals surface area (Å²) in [6.07, 6.45) is 5.67. The van der Waals surface area contributed by atoms with Crippen molar-refractivity contribution < 1.29 is 33.1 Å². The van der Waals surface area contributed by atoms with E-state index in [1.807, 2.05) is 69.3 Å². The Bertz CT molecular complexity index is 1660. The summed E-state index contributed by atoms with van der Waals surface area (Å²) in [6, 6.07) is 12.5. The van der Waals surface area contributed by atoms with Crippen molar-refractivity contribution in [2.45, 2.75) is 130 Å². The number of nitrogens with one attached hydrogen (secondary N) is 3. The van der Waals surface area contributed by atoms with E-state index in [0.717, 1.165) is 16.7 Å². The van der Waals surface area contributed by atoms with Crippen LogP contribution in [0.4, 0.5) is 0 Å². The van der Waals surface area contributed by atoms with Crippen molar-refractivity contribution in [2.75, 3.05) is 13.2 Å². The van der Waals surface area contributed by atoms with Crippen LogP contribution in [0.3, 0.4) is 0 Å². The first kappa shape index (κ1) is 46.1. The predicted octanol–water partition coefficient (Wildman–Crippen LogP) is 7.13. The van der Waals surface area contributed by atoms with E-state index >= 15 is 0 Å². The maximum Gasteiger partial charge on any atom is 0.325 e. The molecule has 0 aromatic heterocycles. The van der Waals surface area contributed by atoms with Crippen molar-refractivity contribution in [3.05, 3.63) is 84.5 Å². The first-order valence-electron chi connectivity index (χ1n) is 20.0. The first-order chi connectivity index (χ1) is 26.4. The summed E-state index contributed by atoms with van der Waals surface area (Å²) >= 11 is 0. The van der Waals surface area contributed by atoms with Gasteiger partial charge in [0.25, 0.3) is 5.91 Å². The molecule has 3 amide bonds. The van der Waals surface area contributed by atoms with Gasteiger partial charge in [0.15, 0.2) is 0 Å². The molecule has 1 saturated heterocycles. The van der Waals surface area contributed by atoms with Crippen molar-refractivity contribution in [1.29, 1.82) is 0 Å². The van der Waals surface area contributed by atoms with Gasteiger partial charge in [-0.2, -0.15) is 0 Å². The SMILES string of the molecule is C=CCCC(OCC)C(C)C(=O)NC(C(=O)NC(Cc1cccc(O[Si](C)(C)C(C)(C)C)c1)C(=O)N1CCCC(C(=O)OCc2cccc(C=C)c2)N1)C(C)C. The standard InChI is InChI=1S/C44H66N4O7Si/c1-12-15-24-38(53-14-3)31(6)40(49)46-39(30(4)5)41(50)45-37(28-33-20-17-22-35(27-33)55-56(10,11)44(7,8)9)42(51)48-25-18-23-36(47-48)43(52)54-29-34-21-16-19-32(13-2)26-34/h12-13,16-17,19-22,26-27,30-31,36-39,47H,1-2,14-15,18,23-25,28-29H2,3-11H3,(H,45,50)(H,46,49). The zero-order chi connectivity index (χ0) is 41.6. The Morgan fingerprint density at radius 1 is 1.00 bits per heavy atom. The minimum atomic E-state index is -2.17. The van der Waals surface area contributed by atoms with Crippen molar-refractivity contribution >= 4 is 38.1 Å². The second-order valence-corrected chi connectivity index (χ2v) is 21.2. The summed E-state index contributed by atoms with van der Waals surface area (Å²) in [7, 11) is -2.17. The first-order valence-corrected chi connectivity index (χ1v) is 22.9. The fourth-order valence-corrected chi connectivity index (χ4v) is 7.23. The highest BCUT2D eigenvalue weighted by Crippen LogP contribution is 2.37. The molecule has 1 heterocycles. The summed E-state index contributed by atoms with van der Waals surface area (Å²) in [6.45, 7) is 26.7. The molecule has 11 nitrogen and oxygen atoms in total. The zero-order valence-corrected chi connectivity index (χ0v) is 36.1. The van der Waals surface area contributed by atoms with E-state index in [-0.39, 0.29) is 36.0 Å². The average molecular weight is 791 g/mol. The lowest BCUT2D eigenvalue weighted by Crippen LogP contribution is -2.62. The number of esters is 1. The number of carbonyl (C=O) groups excluding carboxylic acids is 4. The van der Waals surface area contributed by atoms with Gasteiger partial charge in [-0.1, -0.05) is 90.6 Å². The Balaban J connectivity index is 1.86. The molecule has 0 spiro atoms. The number of allylic oxidation sites excluding steroid dienone is 1. The van der Waals surface area contributed by atoms with E-state index < -0.39 is 50.1 Å². The molecule has 0 aliphatic carbocycles. The van der Waals surface area contributed by atoms with Gasteiger partial charge in [0, 0.05) is 19.6 Å². The molecular formula is C44H66N4O7Si. The van der Waals surface area contributed by atoms with Crippen LogP contribution in [-0.4, -0.2) is 74.4 Å². The minimum Gasteiger partial charge on any atom is -0.543 e. The number of hydrazine groups is 1. The zero-order valence-electron chi connectivity index (χ0n) is 35.1. The van der Waals surface area contributed by atoms with Crippen LogP contribution in [0.2, 0.25) is 18.1 Å². The van der Waals surface area contributed by atoms with Gasteiger partial charge in [0.1, 0.15) is 30.5 Å². The van der Waals surface area contributed by atoms with Crippen molar-refractivity contribution in [3.63, 3.8) is 0 Å². The predicted molar refractivity (Wildman–Crippen MR) is 225 cm³/mol. The van der Waals surface area contributed by atoms with Crippen LogP contribution in [0.1, 0.15) is 90.8 Å². The molecule has 0 bridgehead atoms. The van der Waals surface area contributed by atoms with Gasteiger partial charge in [-0.3, -0.25) is 24.2 Å². The van der Waals surface area contributed by atoms with Gasteiger partial charge in [0.2, 0.25) is 20.1 Å². The number of hydrogen-bond donors (Lipinski definition) is 3. The molecule has 3 rings (SSSR count). The summed E-state index contributed by atoms with van der Waals surface area (Å²) in [5, 5.41) is 7.32. The number of benzene rings is 2. The largest absolute Gasteiger partial charge is 0.543 e. The molecule has 0 radical (unpaired) electrons. The topological polar surface area (TPSA) is 135 Å². The van der Waals surface area contributed by atoms with Gasteiger partial charge in [-0.05, 0) is 91.5 Å². The maximum absolute atomic E-state index is 14.4. The summed E-state index contributed by atoms with van der Waals surface area (Å²) in [4.78, 5) is 55.4. The average Bonchev–Trinajstić information content (AvgIpc) is 3.16. The quantitative estimate of drug-likeness (QED) is 0.0733. The van der Waals surface area contributed by atoms with Crippen molar-refractivity contribution in [1.82, 2.24) is 21.1 Å². The lowest BCUT2D eigenvalue weighted by atomic mass is 9.96. The third-order valence-corrected chi connectivity index (χ3v) is 15.0. The van der Waals surface area contributed by atoms with Crippen molar-refractivity contribution in [2.24, 2.45) is 11.8 Å². The Morgan fingerprint density at radius 2 is 1.70 bits per heavy atom. The third-order valence-electron chi connectivity index (χ3n) is 10.7. The molecule has 0 saturated carbocycles. The van der Waals surface area contributed by atoms with Gasteiger partial charge in [0.05, 0.1) is 12.0 Å². The number of rotatable bonds is 20. The van der Waals surface area contributed by atoms with Crippen LogP contribution in [-0.2, 0) is 41.7 Å². The number of hydrogen-bond acceptors (Lipinski definition) is 8. The van der Waals surface area contributed by atoms with E-state index in [0.29, 0.717) is 44.6 Å². The molecular weight excluding hydrogens is 725 g/mol. The summed E-state index contributed by atoms with van der Waals surface area (Å²) in [5.41, 5.74) is 5.62. The minimum absolute atomic E-state index is 0.0230. The monoisotopic (exact) mass is 790 g/mol. The Labute approximate surface area is 336 Å². The third kappa shape index (κ3) is 13.4. The number of ether oxygens (including phenoxy) is 2. The second kappa shape index (κ2) is 21.3. The molecule has 1 aliphatic rings. The van der Waals surface area contributed by atoms with Gasteiger partial charge < -0.3 is 24.5 Å². The smallest absolute Gasteiger partial charge is 0.325 e. The molecule has 5 unspecified atom stereocenters. The van der Waals surface area contributed by atoms with Crippen molar-refractivity contribution in [3.8, 4) is 5.75 Å². The molecule has 308 valence electrons. The van der Waals surface area contributed by atoms with Crippen LogP contribution in [0, 0.1) is 11.8 Å². The van der Waals surface area contributed by atoms with Gasteiger partial charge in [-0.15, -0.1) is 6.58 Å². The molecule has 5 atom stereocenters. The lowest BCUT2D eigenvalue weighted by Gasteiger charge is -2.36. The Morgan fingerprint density at radius 3 is 2.34 bits per heavy atom. The number of amides is 3. The van der Waals surface area contributed by atoms with Gasteiger partial charge >= 0.3 is 5.97 Å². The van der Waals surface area contributed by atoms with Crippen LogP contribution in [0.5, 0.6) is 5.75 Å². The highest BCUT2D eigenvalue weighted by molar-refractivity contribution is 6.74. The molecule has 2 aromatic carbocycles. The molecule has 56 heavy (non-hydrogen) atoms. The van der Waals surface area contributed by atoms with E-state index in [1.54, 1.807) is 19.1 Å². The second-order valence-electron chi connectivity index (χ2n) is 16.5. The number of nitrogens with zero attached hydrogens (tertiary/aromatic N) is 1. The fourth-order valence-electron chi connectivity index (χ4n) is 6.21. The number of carbonyl (C=O) groups is 4. The normalized spacial score (nSPS) is 16.9. The Kier molecular flexibility index (Phi) is 17.6. The van der Waals surface area contributed by atoms with Crippen LogP contribution >= 0.6 is 0 Å². The molecule has 1 fully saturated rings. The highest BCUT2D eigenvalue weighted by Gasteiger charge is 2.39. The fraction of sp³-hybridized carbons (Fsp3) is 0.545. The van der Waals surface area contributed by atoms with E-state index in [2.05, 4.69) is 63.1 Å². The van der Waals surface area contributed by atoms with Crippen LogP contribution < -0.4 is 20.5 Å². The molecule has 12 heteroatoms. The lowest BCUT2D eigenvalue weighted by molar-refractivity contribution is -0.154. The van der Waals surface area contributed by atoms with Crippen LogP contribution in [0.15, 0.2) is 67.8 Å². The highest BCUT2D eigenvalue weighted by atomic mass is 28.4. The summed E-state index contributed by atoms with van der Waals surface area (Å²) in [5.74, 6) is -1.79. The van der Waals surface area contributed by atoms with E-state index in [9.17, 15) is 19.2 Å².